The molecular formula is C12H8N6O3. The van der Waals surface area contributed by atoms with Crippen molar-refractivity contribution >= 4 is 29.0 Å². The predicted molar refractivity (Wildman–Crippen MR) is 74.9 cm³/mol. The Morgan fingerprint density at radius 2 is 2.24 bits per heavy atom. The summed E-state index contributed by atoms with van der Waals surface area (Å²) < 4.78 is 0. The van der Waals surface area contributed by atoms with Gasteiger partial charge >= 0.3 is 0 Å². The van der Waals surface area contributed by atoms with Crippen LogP contribution in [0.4, 0.5) is 11.6 Å². The molecule has 2 heterocycles. The third-order valence-electron chi connectivity index (χ3n) is 2.70. The molecule has 9 nitrogen and oxygen atoms in total. The summed E-state index contributed by atoms with van der Waals surface area (Å²) in [5.41, 5.74) is 0.620. The van der Waals surface area contributed by atoms with Crippen LogP contribution in [0.25, 0.3) is 11.2 Å². The van der Waals surface area contributed by atoms with Crippen LogP contribution in [0.5, 0.6) is 0 Å². The first-order valence-electron chi connectivity index (χ1n) is 5.85. The van der Waals surface area contributed by atoms with Gasteiger partial charge in [0.05, 0.1) is 11.3 Å². The molecule has 104 valence electrons. The molecule has 0 aliphatic heterocycles. The van der Waals surface area contributed by atoms with Crippen molar-refractivity contribution in [2.45, 2.75) is 0 Å². The van der Waals surface area contributed by atoms with Crippen molar-refractivity contribution in [2.24, 2.45) is 4.99 Å². The van der Waals surface area contributed by atoms with E-state index in [1.54, 1.807) is 12.1 Å². The van der Waals surface area contributed by atoms with Crippen molar-refractivity contribution in [2.75, 3.05) is 0 Å². The van der Waals surface area contributed by atoms with E-state index in [4.69, 9.17) is 0 Å². The predicted octanol–water partition coefficient (Wildman–Crippen LogP) is 1.30. The number of benzene rings is 1. The second kappa shape index (κ2) is 4.96. The van der Waals surface area contributed by atoms with Gasteiger partial charge in [0.25, 0.3) is 11.2 Å². The Balaban J connectivity index is 1.95. The molecule has 3 aromatic rings. The van der Waals surface area contributed by atoms with Crippen molar-refractivity contribution in [3.05, 3.63) is 56.6 Å². The van der Waals surface area contributed by atoms with Gasteiger partial charge in [-0.15, -0.1) is 0 Å². The minimum Gasteiger partial charge on any atom is -0.339 e. The summed E-state index contributed by atoms with van der Waals surface area (Å²) in [6.07, 6.45) is 2.74. The summed E-state index contributed by atoms with van der Waals surface area (Å²) >= 11 is 0. The number of imidazole rings is 1. The van der Waals surface area contributed by atoms with Gasteiger partial charge in [-0.25, -0.2) is 9.98 Å². The van der Waals surface area contributed by atoms with E-state index < -0.39 is 4.92 Å². The fourth-order valence-electron chi connectivity index (χ4n) is 1.75. The summed E-state index contributed by atoms with van der Waals surface area (Å²) in [5.74, 6) is 0.0751. The monoisotopic (exact) mass is 284 g/mol. The largest absolute Gasteiger partial charge is 0.339 e. The summed E-state index contributed by atoms with van der Waals surface area (Å²) in [4.78, 5) is 38.9. The Kier molecular flexibility index (Phi) is 2.99. The minimum absolute atomic E-state index is 0.0387. The molecule has 0 unspecified atom stereocenters. The van der Waals surface area contributed by atoms with Crippen LogP contribution in [0.1, 0.15) is 5.56 Å². The highest BCUT2D eigenvalue weighted by molar-refractivity contribution is 5.82. The van der Waals surface area contributed by atoms with Crippen LogP contribution < -0.4 is 5.56 Å². The quantitative estimate of drug-likeness (QED) is 0.425. The van der Waals surface area contributed by atoms with Gasteiger partial charge in [0.15, 0.2) is 11.2 Å². The highest BCUT2D eigenvalue weighted by Crippen LogP contribution is 2.12. The third-order valence-corrected chi connectivity index (χ3v) is 2.70. The van der Waals surface area contributed by atoms with Crippen LogP contribution in [-0.2, 0) is 0 Å². The number of rotatable bonds is 3. The van der Waals surface area contributed by atoms with E-state index in [-0.39, 0.29) is 28.4 Å². The molecule has 0 bridgehead atoms. The van der Waals surface area contributed by atoms with E-state index in [0.717, 1.165) is 0 Å². The van der Waals surface area contributed by atoms with Crippen LogP contribution in [-0.4, -0.2) is 31.1 Å². The Hall–Kier alpha value is -3.36. The summed E-state index contributed by atoms with van der Waals surface area (Å²) in [6.45, 7) is 0. The lowest BCUT2D eigenvalue weighted by molar-refractivity contribution is -0.384. The molecular weight excluding hydrogens is 276 g/mol. The second-order valence-electron chi connectivity index (χ2n) is 4.10. The molecule has 0 saturated heterocycles. The van der Waals surface area contributed by atoms with Crippen molar-refractivity contribution in [3.8, 4) is 0 Å². The van der Waals surface area contributed by atoms with Crippen LogP contribution in [0, 0.1) is 10.1 Å². The number of non-ortho nitro benzene ring substituents is 1. The number of nitro groups is 1. The van der Waals surface area contributed by atoms with Crippen LogP contribution in [0.3, 0.4) is 0 Å². The van der Waals surface area contributed by atoms with Gasteiger partial charge < -0.3 is 4.98 Å². The highest BCUT2D eigenvalue weighted by Gasteiger charge is 2.06. The van der Waals surface area contributed by atoms with E-state index in [9.17, 15) is 14.9 Å². The van der Waals surface area contributed by atoms with Crippen LogP contribution >= 0.6 is 0 Å². The first-order valence-corrected chi connectivity index (χ1v) is 5.85. The van der Waals surface area contributed by atoms with Gasteiger partial charge in [-0.2, -0.15) is 4.98 Å². The molecule has 3 rings (SSSR count). The van der Waals surface area contributed by atoms with Gasteiger partial charge in [0.2, 0.25) is 5.95 Å². The maximum absolute atomic E-state index is 11.7. The molecule has 2 N–H and O–H groups in total. The molecule has 0 atom stereocenters. The maximum Gasteiger partial charge on any atom is 0.278 e. The molecule has 0 aliphatic rings. The fourth-order valence-corrected chi connectivity index (χ4v) is 1.75. The standard InChI is InChI=1S/C12H8N6O3/c19-11-9-10(15-6-14-9)16-12(17-11)13-5-7-2-1-3-8(4-7)18(20)21/h1-6H,(H2,14,15,16,17,19)/b13-5+. The van der Waals surface area contributed by atoms with E-state index in [1.807, 2.05) is 0 Å². The van der Waals surface area contributed by atoms with E-state index >= 15 is 0 Å². The van der Waals surface area contributed by atoms with E-state index in [2.05, 4.69) is 24.9 Å². The number of aromatic nitrogens is 4. The van der Waals surface area contributed by atoms with Gasteiger partial charge in [-0.05, 0) is 5.56 Å². The molecule has 0 amide bonds. The summed E-state index contributed by atoms with van der Waals surface area (Å²) in [7, 11) is 0. The summed E-state index contributed by atoms with van der Waals surface area (Å²) in [6, 6.07) is 5.95. The number of nitrogens with zero attached hydrogens (tertiary/aromatic N) is 4. The van der Waals surface area contributed by atoms with Crippen molar-refractivity contribution in [1.82, 2.24) is 19.9 Å². The van der Waals surface area contributed by atoms with Gasteiger partial charge in [0.1, 0.15) is 0 Å². The highest BCUT2D eigenvalue weighted by atomic mass is 16.6. The normalized spacial score (nSPS) is 11.2. The number of H-pyrrole nitrogens is 2. The minimum atomic E-state index is -0.493. The van der Waals surface area contributed by atoms with E-state index in [0.29, 0.717) is 5.56 Å². The molecule has 1 aromatic carbocycles. The number of aliphatic imine (C=N–C) groups is 1. The zero-order valence-corrected chi connectivity index (χ0v) is 10.5. The number of fused-ring (bicyclic) bond motifs is 1. The Morgan fingerprint density at radius 3 is 3.05 bits per heavy atom. The number of nitrogens with one attached hydrogen (secondary N) is 2. The zero-order valence-electron chi connectivity index (χ0n) is 10.5. The van der Waals surface area contributed by atoms with Gasteiger partial charge in [0, 0.05) is 18.3 Å². The molecule has 0 saturated carbocycles. The van der Waals surface area contributed by atoms with Gasteiger partial charge in [-0.3, -0.25) is 19.9 Å². The zero-order chi connectivity index (χ0) is 14.8. The average molecular weight is 284 g/mol. The van der Waals surface area contributed by atoms with Gasteiger partial charge in [-0.1, -0.05) is 12.1 Å². The first-order chi connectivity index (χ1) is 10.1. The lowest BCUT2D eigenvalue weighted by Crippen LogP contribution is -2.07. The fraction of sp³-hybridized carbons (Fsp3) is 0. The van der Waals surface area contributed by atoms with Crippen LogP contribution in [0.2, 0.25) is 0 Å². The number of hydrogen-bond acceptors (Lipinski definition) is 6. The molecule has 0 fully saturated rings. The number of hydrogen-bond donors (Lipinski definition) is 2. The topological polar surface area (TPSA) is 130 Å². The molecule has 9 heteroatoms. The lowest BCUT2D eigenvalue weighted by atomic mass is 10.2. The number of nitro benzene ring substituents is 1. The number of aromatic amines is 2. The SMILES string of the molecule is O=c1[nH]c(/N=C/c2cccc([N+](=O)[O-])c2)nc2nc[nH]c12. The lowest BCUT2D eigenvalue weighted by Gasteiger charge is -1.95. The first kappa shape index (κ1) is 12.7. The van der Waals surface area contributed by atoms with Crippen molar-refractivity contribution < 1.29 is 4.92 Å². The van der Waals surface area contributed by atoms with E-state index in [1.165, 1.54) is 24.7 Å². The van der Waals surface area contributed by atoms with Crippen molar-refractivity contribution in [1.29, 1.82) is 0 Å². The Bertz CT molecular complexity index is 910. The third kappa shape index (κ3) is 2.52. The maximum atomic E-state index is 11.7. The van der Waals surface area contributed by atoms with Crippen molar-refractivity contribution in [3.63, 3.8) is 0 Å². The van der Waals surface area contributed by atoms with Crippen LogP contribution in [0.15, 0.2) is 40.4 Å². The second-order valence-corrected chi connectivity index (χ2v) is 4.10. The molecule has 0 aliphatic carbocycles. The Morgan fingerprint density at radius 1 is 1.38 bits per heavy atom. The molecule has 0 spiro atoms. The summed E-state index contributed by atoms with van der Waals surface area (Å²) in [5, 5.41) is 10.7. The average Bonchev–Trinajstić information content (AvgIpc) is 2.94. The molecule has 21 heavy (non-hydrogen) atoms. The molecule has 0 radical (unpaired) electrons. The molecule has 2 aromatic heterocycles. The smallest absolute Gasteiger partial charge is 0.278 e. The Labute approximate surface area is 116 Å².